The molecule has 0 amide bonds. The van der Waals surface area contributed by atoms with Gasteiger partial charge in [-0.15, -0.1) is 5.10 Å². The first-order valence-electron chi connectivity index (χ1n) is 6.65. The summed E-state index contributed by atoms with van der Waals surface area (Å²) in [5.74, 6) is 0.620. The second-order valence-electron chi connectivity index (χ2n) is 4.67. The highest BCUT2D eigenvalue weighted by atomic mass is 79.9. The van der Waals surface area contributed by atoms with Crippen LogP contribution < -0.4 is 16.2 Å². The molecule has 0 unspecified atom stereocenters. The van der Waals surface area contributed by atoms with E-state index in [4.69, 9.17) is 16.2 Å². The van der Waals surface area contributed by atoms with E-state index in [2.05, 4.69) is 39.1 Å². The molecule has 0 saturated carbocycles. The fraction of sp³-hybridized carbons (Fsp3) is 0.125. The molecule has 6 heteroatoms. The van der Waals surface area contributed by atoms with Gasteiger partial charge in [0.2, 0.25) is 5.96 Å². The topological polar surface area (TPSA) is 86.0 Å². The lowest BCUT2D eigenvalue weighted by Gasteiger charge is -2.11. The van der Waals surface area contributed by atoms with Gasteiger partial charge < -0.3 is 16.2 Å². The van der Waals surface area contributed by atoms with Crippen LogP contribution in [0.3, 0.4) is 0 Å². The Labute approximate surface area is 137 Å². The van der Waals surface area contributed by atoms with E-state index in [1.165, 1.54) is 5.56 Å². The molecule has 22 heavy (non-hydrogen) atoms. The quantitative estimate of drug-likeness (QED) is 0.488. The Bertz CT molecular complexity index is 709. The number of guanidine groups is 1. The summed E-state index contributed by atoms with van der Waals surface area (Å²) < 4.78 is 6.81. The number of nitrogens with two attached hydrogens (primary N) is 2. The molecular formula is C16H17BrN4O. The molecule has 0 fully saturated rings. The minimum absolute atomic E-state index is 0.0892. The van der Waals surface area contributed by atoms with Crippen LogP contribution in [0.4, 0.5) is 0 Å². The standard InChI is InChI=1S/C16H17BrN4O/c1-11-4-2-3-5-12(11)10-22-15-7-6-14(17)8-13(15)9-20-21-16(18)19/h2-9H,10H2,1H3,(H4,18,19,21). The van der Waals surface area contributed by atoms with Crippen molar-refractivity contribution >= 4 is 28.1 Å². The molecular weight excluding hydrogens is 344 g/mol. The third kappa shape index (κ3) is 4.60. The van der Waals surface area contributed by atoms with Gasteiger partial charge in [0.25, 0.3) is 0 Å². The van der Waals surface area contributed by atoms with Gasteiger partial charge in [-0.3, -0.25) is 0 Å². The second kappa shape index (κ2) is 7.61. The van der Waals surface area contributed by atoms with Crippen molar-refractivity contribution in [3.63, 3.8) is 0 Å². The van der Waals surface area contributed by atoms with Gasteiger partial charge in [0.15, 0.2) is 0 Å². The maximum absolute atomic E-state index is 5.89. The number of rotatable bonds is 5. The highest BCUT2D eigenvalue weighted by Gasteiger charge is 2.04. The number of hydrogen-bond acceptors (Lipinski definition) is 3. The molecule has 0 aliphatic heterocycles. The molecule has 2 aromatic carbocycles. The van der Waals surface area contributed by atoms with Crippen LogP contribution in [0.2, 0.25) is 0 Å². The summed E-state index contributed by atoms with van der Waals surface area (Å²) in [7, 11) is 0. The van der Waals surface area contributed by atoms with E-state index in [0.29, 0.717) is 12.4 Å². The Kier molecular flexibility index (Phi) is 5.55. The highest BCUT2D eigenvalue weighted by Crippen LogP contribution is 2.23. The van der Waals surface area contributed by atoms with Gasteiger partial charge in [-0.1, -0.05) is 40.2 Å². The van der Waals surface area contributed by atoms with Crippen LogP contribution in [0, 0.1) is 6.92 Å². The third-order valence-electron chi connectivity index (χ3n) is 2.99. The zero-order valence-electron chi connectivity index (χ0n) is 12.2. The van der Waals surface area contributed by atoms with Crippen molar-refractivity contribution in [2.75, 3.05) is 0 Å². The minimum atomic E-state index is -0.0892. The summed E-state index contributed by atoms with van der Waals surface area (Å²) in [5, 5.41) is 7.42. The average Bonchev–Trinajstić information content (AvgIpc) is 2.47. The zero-order chi connectivity index (χ0) is 15.9. The number of ether oxygens (including phenoxy) is 1. The van der Waals surface area contributed by atoms with Crippen LogP contribution in [0.25, 0.3) is 0 Å². The van der Waals surface area contributed by atoms with Gasteiger partial charge in [-0.25, -0.2) is 0 Å². The molecule has 0 aliphatic carbocycles. The molecule has 0 spiro atoms. The van der Waals surface area contributed by atoms with Gasteiger partial charge >= 0.3 is 0 Å². The Morgan fingerprint density at radius 1 is 1.23 bits per heavy atom. The lowest BCUT2D eigenvalue weighted by atomic mass is 10.1. The average molecular weight is 361 g/mol. The summed E-state index contributed by atoms with van der Waals surface area (Å²) in [6.07, 6.45) is 1.55. The fourth-order valence-corrected chi connectivity index (χ4v) is 2.22. The van der Waals surface area contributed by atoms with Crippen molar-refractivity contribution in [1.29, 1.82) is 0 Å². The van der Waals surface area contributed by atoms with Crippen molar-refractivity contribution in [3.05, 3.63) is 63.6 Å². The van der Waals surface area contributed by atoms with Crippen LogP contribution in [0.15, 0.2) is 57.1 Å². The first-order chi connectivity index (χ1) is 10.6. The van der Waals surface area contributed by atoms with Crippen molar-refractivity contribution in [1.82, 2.24) is 0 Å². The lowest BCUT2D eigenvalue weighted by molar-refractivity contribution is 0.305. The van der Waals surface area contributed by atoms with Gasteiger partial charge in [0.05, 0.1) is 6.21 Å². The van der Waals surface area contributed by atoms with E-state index in [1.54, 1.807) is 6.21 Å². The van der Waals surface area contributed by atoms with E-state index in [1.807, 2.05) is 36.4 Å². The third-order valence-corrected chi connectivity index (χ3v) is 3.48. The van der Waals surface area contributed by atoms with Gasteiger partial charge in [0.1, 0.15) is 12.4 Å². The minimum Gasteiger partial charge on any atom is -0.488 e. The second-order valence-corrected chi connectivity index (χ2v) is 5.58. The van der Waals surface area contributed by atoms with Crippen molar-refractivity contribution in [2.24, 2.45) is 21.7 Å². The van der Waals surface area contributed by atoms with Gasteiger partial charge in [0, 0.05) is 10.0 Å². The fourth-order valence-electron chi connectivity index (χ4n) is 1.84. The molecule has 0 heterocycles. The molecule has 5 nitrogen and oxygen atoms in total. The van der Waals surface area contributed by atoms with Crippen molar-refractivity contribution in [3.8, 4) is 5.75 Å². The lowest BCUT2D eigenvalue weighted by Crippen LogP contribution is -2.21. The molecule has 2 rings (SSSR count). The summed E-state index contributed by atoms with van der Waals surface area (Å²) in [5.41, 5.74) is 13.6. The van der Waals surface area contributed by atoms with E-state index >= 15 is 0 Å². The summed E-state index contributed by atoms with van der Waals surface area (Å²) >= 11 is 3.42. The SMILES string of the molecule is Cc1ccccc1COc1ccc(Br)cc1C=NN=C(N)N. The van der Waals surface area contributed by atoms with E-state index in [9.17, 15) is 0 Å². The van der Waals surface area contributed by atoms with E-state index < -0.39 is 0 Å². The van der Waals surface area contributed by atoms with E-state index in [0.717, 1.165) is 15.6 Å². The molecule has 114 valence electrons. The Morgan fingerprint density at radius 3 is 2.73 bits per heavy atom. The van der Waals surface area contributed by atoms with Crippen LogP contribution in [0.1, 0.15) is 16.7 Å². The molecule has 2 aromatic rings. The van der Waals surface area contributed by atoms with Crippen molar-refractivity contribution < 1.29 is 4.74 Å². The van der Waals surface area contributed by atoms with Crippen LogP contribution in [-0.2, 0) is 6.61 Å². The predicted molar refractivity (Wildman–Crippen MR) is 93.1 cm³/mol. The Morgan fingerprint density at radius 2 is 2.00 bits per heavy atom. The normalized spacial score (nSPS) is 10.6. The number of aryl methyl sites for hydroxylation is 1. The Balaban J connectivity index is 2.18. The molecule has 0 atom stereocenters. The molecule has 0 bridgehead atoms. The first-order valence-corrected chi connectivity index (χ1v) is 7.44. The van der Waals surface area contributed by atoms with Gasteiger partial charge in [-0.05, 0) is 36.2 Å². The first kappa shape index (κ1) is 16.0. The molecule has 0 radical (unpaired) electrons. The molecule has 0 aliphatic rings. The Hall–Kier alpha value is -2.34. The summed E-state index contributed by atoms with van der Waals surface area (Å²) in [4.78, 5) is 0. The molecule has 0 saturated heterocycles. The maximum atomic E-state index is 5.89. The number of nitrogens with zero attached hydrogens (tertiary/aromatic N) is 2. The molecule has 4 N–H and O–H groups in total. The molecule has 0 aromatic heterocycles. The largest absolute Gasteiger partial charge is 0.488 e. The predicted octanol–water partition coefficient (Wildman–Crippen LogP) is 2.94. The monoisotopic (exact) mass is 360 g/mol. The van der Waals surface area contributed by atoms with Crippen LogP contribution >= 0.6 is 15.9 Å². The number of halogens is 1. The van der Waals surface area contributed by atoms with Gasteiger partial charge in [-0.2, -0.15) is 5.10 Å². The van der Waals surface area contributed by atoms with Crippen LogP contribution in [-0.4, -0.2) is 12.2 Å². The van der Waals surface area contributed by atoms with E-state index in [-0.39, 0.29) is 5.96 Å². The van der Waals surface area contributed by atoms with Crippen molar-refractivity contribution in [2.45, 2.75) is 13.5 Å². The maximum Gasteiger partial charge on any atom is 0.211 e. The smallest absolute Gasteiger partial charge is 0.211 e. The zero-order valence-corrected chi connectivity index (χ0v) is 13.7. The number of hydrogen-bond donors (Lipinski definition) is 2. The number of benzene rings is 2. The summed E-state index contributed by atoms with van der Waals surface area (Å²) in [6.45, 7) is 2.54. The summed E-state index contributed by atoms with van der Waals surface area (Å²) in [6, 6.07) is 13.8. The highest BCUT2D eigenvalue weighted by molar-refractivity contribution is 9.10. The van der Waals surface area contributed by atoms with Crippen LogP contribution in [0.5, 0.6) is 5.75 Å².